The Hall–Kier alpha value is -2.66. The minimum atomic E-state index is -6.21. The molecule has 2 aromatic rings. The van der Waals surface area contributed by atoms with Gasteiger partial charge in [-0.2, -0.15) is 21.6 Å². The normalized spacial score (nSPS) is 13.8. The monoisotopic (exact) mass is 478 g/mol. The van der Waals surface area contributed by atoms with Crippen molar-refractivity contribution in [2.45, 2.75) is 51.8 Å². The van der Waals surface area contributed by atoms with E-state index >= 15 is 0 Å². The van der Waals surface area contributed by atoms with Crippen LogP contribution in [0, 0.1) is 12.7 Å². The van der Waals surface area contributed by atoms with Crippen molar-refractivity contribution in [1.82, 2.24) is 0 Å². The Bertz CT molecular complexity index is 1190. The molecular formula is C21H22F4O6S. The van der Waals surface area contributed by atoms with E-state index in [9.17, 15) is 35.9 Å². The summed E-state index contributed by atoms with van der Waals surface area (Å²) in [5.41, 5.74) is -6.93. The number of carboxylic acid groups (broad SMARTS) is 1. The molecule has 0 aromatic heterocycles. The number of alkyl halides is 3. The molecule has 1 N–H and O–H groups in total. The second kappa shape index (κ2) is 8.36. The van der Waals surface area contributed by atoms with Crippen LogP contribution in [0.2, 0.25) is 0 Å². The third-order valence-corrected chi connectivity index (χ3v) is 5.27. The molecule has 2 aromatic carbocycles. The summed E-state index contributed by atoms with van der Waals surface area (Å²) in [6, 6.07) is 3.42. The number of carboxylic acids is 1. The molecule has 0 amide bonds. The van der Waals surface area contributed by atoms with Gasteiger partial charge in [0.1, 0.15) is 5.82 Å². The van der Waals surface area contributed by atoms with Gasteiger partial charge in [-0.15, -0.1) is 0 Å². The van der Waals surface area contributed by atoms with Crippen molar-refractivity contribution in [2.75, 3.05) is 0 Å². The number of carbonyl (C=O) groups is 1. The lowest BCUT2D eigenvalue weighted by Crippen LogP contribution is -2.31. The molecule has 0 heterocycles. The lowest BCUT2D eigenvalue weighted by atomic mass is 9.93. The van der Waals surface area contributed by atoms with E-state index in [0.29, 0.717) is 5.57 Å². The molecule has 0 spiro atoms. The maximum absolute atomic E-state index is 14.6. The van der Waals surface area contributed by atoms with Crippen LogP contribution in [0.1, 0.15) is 50.5 Å². The second-order valence-corrected chi connectivity index (χ2v) is 9.74. The standard InChI is InChI=1S/C21H22F4O6S/c1-10(2)13-8-12-7-11(3)16(18(19(26)27)30-20(4,5)6)17(14(12)9-15(13)22)31-32(28,29)21(23,24)25/h7-9,18H,1H2,2-6H3,(H,26,27). The fraction of sp³-hybridized carbons (Fsp3) is 0.381. The van der Waals surface area contributed by atoms with Crippen LogP contribution in [0.3, 0.4) is 0 Å². The molecule has 0 aliphatic heterocycles. The molecule has 1 unspecified atom stereocenters. The van der Waals surface area contributed by atoms with Gasteiger partial charge in [-0.3, -0.25) is 0 Å². The lowest BCUT2D eigenvalue weighted by molar-refractivity contribution is -0.160. The molecule has 0 fully saturated rings. The van der Waals surface area contributed by atoms with E-state index in [4.69, 9.17) is 4.74 Å². The predicted octanol–water partition coefficient (Wildman–Crippen LogP) is 5.49. The Labute approximate surface area is 182 Å². The average Bonchev–Trinajstić information content (AvgIpc) is 2.58. The van der Waals surface area contributed by atoms with Gasteiger partial charge < -0.3 is 14.0 Å². The zero-order valence-corrected chi connectivity index (χ0v) is 18.7. The third-order valence-electron chi connectivity index (χ3n) is 4.32. The van der Waals surface area contributed by atoms with Crippen LogP contribution in [0.25, 0.3) is 16.3 Å². The Morgan fingerprint density at radius 2 is 1.72 bits per heavy atom. The van der Waals surface area contributed by atoms with E-state index in [1.165, 1.54) is 46.8 Å². The number of halogens is 4. The Balaban J connectivity index is 3.00. The van der Waals surface area contributed by atoms with E-state index in [0.717, 1.165) is 6.07 Å². The number of rotatable bonds is 6. The number of aryl methyl sites for hydroxylation is 1. The average molecular weight is 478 g/mol. The van der Waals surface area contributed by atoms with Gasteiger partial charge in [0.15, 0.2) is 11.9 Å². The van der Waals surface area contributed by atoms with Crippen molar-refractivity contribution in [3.8, 4) is 5.75 Å². The Morgan fingerprint density at radius 1 is 1.16 bits per heavy atom. The summed E-state index contributed by atoms with van der Waals surface area (Å²) in [5.74, 6) is -3.48. The second-order valence-electron chi connectivity index (χ2n) is 8.20. The number of fused-ring (bicyclic) bond motifs is 1. The summed E-state index contributed by atoms with van der Waals surface area (Å²) in [6.45, 7) is 11.0. The van der Waals surface area contributed by atoms with Crippen LogP contribution < -0.4 is 4.18 Å². The first-order chi connectivity index (χ1) is 14.4. The van der Waals surface area contributed by atoms with Gasteiger partial charge in [-0.25, -0.2) is 9.18 Å². The summed E-state index contributed by atoms with van der Waals surface area (Å²) in [6.07, 6.45) is -1.90. The van der Waals surface area contributed by atoms with Crippen molar-refractivity contribution >= 4 is 32.4 Å². The van der Waals surface area contributed by atoms with Crippen LogP contribution in [-0.4, -0.2) is 30.6 Å². The van der Waals surface area contributed by atoms with Crippen LogP contribution in [-0.2, 0) is 19.6 Å². The molecule has 0 bridgehead atoms. The summed E-state index contributed by atoms with van der Waals surface area (Å²) in [7, 11) is -6.21. The van der Waals surface area contributed by atoms with Crippen molar-refractivity contribution in [2.24, 2.45) is 0 Å². The molecule has 1 atom stereocenters. The van der Waals surface area contributed by atoms with Gasteiger partial charge >= 0.3 is 21.6 Å². The highest BCUT2D eigenvalue weighted by atomic mass is 32.2. The van der Waals surface area contributed by atoms with E-state index in [1.807, 2.05) is 0 Å². The van der Waals surface area contributed by atoms with Gasteiger partial charge in [0.05, 0.1) is 5.60 Å². The largest absolute Gasteiger partial charge is 0.534 e. The summed E-state index contributed by atoms with van der Waals surface area (Å²) < 4.78 is 87.4. The van der Waals surface area contributed by atoms with Gasteiger partial charge in [-0.1, -0.05) is 12.6 Å². The molecule has 0 saturated carbocycles. The molecule has 2 rings (SSSR count). The number of hydrogen-bond donors (Lipinski definition) is 1. The smallest absolute Gasteiger partial charge is 0.479 e. The minimum Gasteiger partial charge on any atom is -0.479 e. The van der Waals surface area contributed by atoms with E-state index in [2.05, 4.69) is 10.8 Å². The molecule has 176 valence electrons. The SMILES string of the molecule is C=C(C)c1cc2cc(C)c(C(OC(C)(C)C)C(=O)O)c(OS(=O)(=O)C(F)(F)F)c2cc1F. The maximum atomic E-state index is 14.6. The van der Waals surface area contributed by atoms with E-state index < -0.39 is 50.4 Å². The molecule has 6 nitrogen and oxygen atoms in total. The van der Waals surface area contributed by atoms with Crippen molar-refractivity contribution in [3.05, 3.63) is 47.3 Å². The number of aliphatic carboxylic acids is 1. The highest BCUT2D eigenvalue weighted by molar-refractivity contribution is 7.88. The van der Waals surface area contributed by atoms with E-state index in [-0.39, 0.29) is 21.9 Å². The number of benzene rings is 2. The minimum absolute atomic E-state index is 0.0509. The predicted molar refractivity (Wildman–Crippen MR) is 110 cm³/mol. The summed E-state index contributed by atoms with van der Waals surface area (Å²) in [5, 5.41) is 9.46. The first-order valence-corrected chi connectivity index (χ1v) is 10.6. The lowest BCUT2D eigenvalue weighted by Gasteiger charge is -2.28. The molecule has 11 heteroatoms. The maximum Gasteiger partial charge on any atom is 0.534 e. The Morgan fingerprint density at radius 3 is 2.16 bits per heavy atom. The van der Waals surface area contributed by atoms with Crippen LogP contribution in [0.15, 0.2) is 24.8 Å². The zero-order chi connectivity index (χ0) is 24.8. The molecule has 0 aliphatic carbocycles. The highest BCUT2D eigenvalue weighted by Crippen LogP contribution is 2.43. The highest BCUT2D eigenvalue weighted by Gasteiger charge is 2.49. The summed E-state index contributed by atoms with van der Waals surface area (Å²) in [4.78, 5) is 12.0. The molecule has 0 radical (unpaired) electrons. The van der Waals surface area contributed by atoms with Gasteiger partial charge in [0.25, 0.3) is 0 Å². The van der Waals surface area contributed by atoms with Crippen LogP contribution >= 0.6 is 0 Å². The molecule has 32 heavy (non-hydrogen) atoms. The fourth-order valence-corrected chi connectivity index (χ4v) is 3.52. The number of allylic oxidation sites excluding steroid dienone is 1. The third kappa shape index (κ3) is 5.21. The van der Waals surface area contributed by atoms with Crippen molar-refractivity contribution in [1.29, 1.82) is 0 Å². The van der Waals surface area contributed by atoms with Crippen LogP contribution in [0.5, 0.6) is 5.75 Å². The fourth-order valence-electron chi connectivity index (χ4n) is 3.03. The molecule has 0 aliphatic rings. The summed E-state index contributed by atoms with van der Waals surface area (Å²) >= 11 is 0. The first kappa shape index (κ1) is 25.6. The quantitative estimate of drug-likeness (QED) is 0.336. The molecule has 0 saturated heterocycles. The topological polar surface area (TPSA) is 89.9 Å². The Kier molecular flexibility index (Phi) is 6.69. The van der Waals surface area contributed by atoms with Crippen LogP contribution in [0.4, 0.5) is 17.6 Å². The number of ether oxygens (including phenoxy) is 1. The number of hydrogen-bond acceptors (Lipinski definition) is 5. The van der Waals surface area contributed by atoms with Gasteiger partial charge in [0, 0.05) is 16.5 Å². The zero-order valence-electron chi connectivity index (χ0n) is 17.9. The first-order valence-electron chi connectivity index (χ1n) is 9.19. The van der Waals surface area contributed by atoms with E-state index in [1.54, 1.807) is 0 Å². The van der Waals surface area contributed by atoms with Gasteiger partial charge in [-0.05, 0) is 63.3 Å². The molecular weight excluding hydrogens is 456 g/mol. The van der Waals surface area contributed by atoms with Gasteiger partial charge in [0.2, 0.25) is 0 Å². The van der Waals surface area contributed by atoms with Crippen molar-refractivity contribution in [3.63, 3.8) is 0 Å². The van der Waals surface area contributed by atoms with Crippen molar-refractivity contribution < 1.29 is 44.8 Å².